The number of rotatable bonds is 8. The van der Waals surface area contributed by atoms with E-state index in [2.05, 4.69) is 4.99 Å². The summed E-state index contributed by atoms with van der Waals surface area (Å²) in [5, 5.41) is 15.5. The number of benzene rings is 2. The number of nitrogens with one attached hydrogen (secondary N) is 2. The molecule has 4 N–H and O–H groups in total. The van der Waals surface area contributed by atoms with Gasteiger partial charge in [-0.25, -0.2) is 4.39 Å². The molecule has 0 saturated carbocycles. The molecule has 1 aliphatic heterocycles. The predicted octanol–water partition coefficient (Wildman–Crippen LogP) is 4.08. The number of carbonyl (C=O) groups is 2. The van der Waals surface area contributed by atoms with Crippen LogP contribution in [0.3, 0.4) is 0 Å². The van der Waals surface area contributed by atoms with Crippen molar-refractivity contribution in [2.75, 3.05) is 6.54 Å². The first kappa shape index (κ1) is 24.5. The van der Waals surface area contributed by atoms with Gasteiger partial charge in [0.05, 0.1) is 17.6 Å². The van der Waals surface area contributed by atoms with E-state index in [0.717, 1.165) is 6.34 Å². The number of nitrogens with zero attached hydrogens (tertiary/aromatic N) is 2. The molecule has 1 atom stereocenters. The van der Waals surface area contributed by atoms with Crippen molar-refractivity contribution in [2.45, 2.75) is 26.8 Å². The van der Waals surface area contributed by atoms with Gasteiger partial charge in [-0.05, 0) is 67.0 Å². The fourth-order valence-corrected chi connectivity index (χ4v) is 3.58. The maximum atomic E-state index is 14.7. The molecule has 2 aromatic carbocycles. The van der Waals surface area contributed by atoms with Crippen molar-refractivity contribution >= 4 is 29.6 Å². The first-order chi connectivity index (χ1) is 16.2. The van der Waals surface area contributed by atoms with Crippen LogP contribution in [0.4, 0.5) is 4.39 Å². The summed E-state index contributed by atoms with van der Waals surface area (Å²) in [6, 6.07) is 9.09. The number of hydrogen-bond donors (Lipinski definition) is 3. The van der Waals surface area contributed by atoms with Gasteiger partial charge in [0.2, 0.25) is 5.91 Å². The minimum Gasteiger partial charge on any atom is -0.457 e. The standard InChI is InChI=1S/C25H26FN5O3/c1-15-9-24(32)31(12-15)13-18-10-21(26)20(25(33)30-14-27)11-23(18)34-19-6-4-17(5-7-19)22(29)8-3-16(2)28/h3-8,10-11,14-15,28-29H,9,12-13H2,1-2H3,(H2,27,30,33)/b8-3-,28-16?,29-22?/t15-/m0/s1. The van der Waals surface area contributed by atoms with Gasteiger partial charge in [-0.1, -0.05) is 6.92 Å². The van der Waals surface area contributed by atoms with Crippen LogP contribution in [0.1, 0.15) is 41.8 Å². The number of halogens is 1. The zero-order valence-electron chi connectivity index (χ0n) is 19.0. The van der Waals surface area contributed by atoms with Crippen molar-refractivity contribution in [3.05, 3.63) is 71.1 Å². The van der Waals surface area contributed by atoms with Crippen molar-refractivity contribution in [2.24, 2.45) is 16.6 Å². The van der Waals surface area contributed by atoms with Gasteiger partial charge in [0.1, 0.15) is 17.3 Å². The Morgan fingerprint density at radius 2 is 1.97 bits per heavy atom. The summed E-state index contributed by atoms with van der Waals surface area (Å²) in [7, 11) is 0. The Morgan fingerprint density at radius 3 is 2.56 bits per heavy atom. The second-order valence-corrected chi connectivity index (χ2v) is 8.16. The lowest BCUT2D eigenvalue weighted by Gasteiger charge is -2.19. The van der Waals surface area contributed by atoms with Crippen LogP contribution in [-0.2, 0) is 11.3 Å². The van der Waals surface area contributed by atoms with Crippen LogP contribution in [0.15, 0.2) is 53.5 Å². The maximum Gasteiger partial charge on any atom is 0.281 e. The molecular weight excluding hydrogens is 437 g/mol. The fourth-order valence-electron chi connectivity index (χ4n) is 3.58. The van der Waals surface area contributed by atoms with Gasteiger partial charge >= 0.3 is 0 Å². The summed E-state index contributed by atoms with van der Waals surface area (Å²) in [6.07, 6.45) is 4.28. The quantitative estimate of drug-likeness (QED) is 0.402. The number of amides is 2. The van der Waals surface area contributed by atoms with Crippen LogP contribution in [-0.4, -0.2) is 41.0 Å². The van der Waals surface area contributed by atoms with E-state index in [1.54, 1.807) is 36.1 Å². The van der Waals surface area contributed by atoms with Crippen LogP contribution in [0, 0.1) is 22.6 Å². The molecule has 0 aliphatic carbocycles. The van der Waals surface area contributed by atoms with Crippen LogP contribution < -0.4 is 10.5 Å². The van der Waals surface area contributed by atoms with Gasteiger partial charge in [0, 0.05) is 30.8 Å². The Balaban J connectivity index is 1.92. The molecule has 0 spiro atoms. The lowest BCUT2D eigenvalue weighted by atomic mass is 10.1. The Hall–Kier alpha value is -4.14. The molecule has 0 radical (unpaired) electrons. The molecule has 2 aromatic rings. The first-order valence-electron chi connectivity index (χ1n) is 10.7. The van der Waals surface area contributed by atoms with E-state index in [4.69, 9.17) is 21.3 Å². The van der Waals surface area contributed by atoms with Gasteiger partial charge in [-0.2, -0.15) is 4.99 Å². The minimum absolute atomic E-state index is 0.0252. The van der Waals surface area contributed by atoms with E-state index < -0.39 is 11.7 Å². The number of aliphatic imine (C=N–C) groups is 1. The minimum atomic E-state index is -0.848. The van der Waals surface area contributed by atoms with E-state index in [0.29, 0.717) is 35.6 Å². The summed E-state index contributed by atoms with van der Waals surface area (Å²) >= 11 is 0. The topological polar surface area (TPSA) is 133 Å². The van der Waals surface area contributed by atoms with Crippen LogP contribution in [0.2, 0.25) is 0 Å². The van der Waals surface area contributed by atoms with E-state index in [-0.39, 0.29) is 35.4 Å². The number of likely N-dealkylation sites (tertiary alicyclic amines) is 1. The molecule has 1 aliphatic rings. The molecule has 34 heavy (non-hydrogen) atoms. The SMILES string of the molecule is CC(=N)/C=C\C(=N)c1ccc(Oc2cc(C(=O)N=CN)c(F)cc2CN2C[C@@H](C)CC2=O)cc1. The molecule has 1 fully saturated rings. The smallest absolute Gasteiger partial charge is 0.281 e. The Bertz CT molecular complexity index is 1190. The molecule has 0 aromatic heterocycles. The molecule has 176 valence electrons. The summed E-state index contributed by atoms with van der Waals surface area (Å²) in [4.78, 5) is 29.5. The fraction of sp³-hybridized carbons (Fsp3) is 0.240. The molecule has 1 saturated heterocycles. The molecule has 0 bridgehead atoms. The zero-order chi connectivity index (χ0) is 24.8. The predicted molar refractivity (Wildman–Crippen MR) is 128 cm³/mol. The van der Waals surface area contributed by atoms with Gasteiger partial charge < -0.3 is 26.2 Å². The van der Waals surface area contributed by atoms with Crippen molar-refractivity contribution < 1.29 is 18.7 Å². The second kappa shape index (κ2) is 10.7. The van der Waals surface area contributed by atoms with E-state index in [1.807, 2.05) is 6.92 Å². The third kappa shape index (κ3) is 6.00. The molecule has 1 heterocycles. The number of nitrogens with two attached hydrogens (primary N) is 1. The third-order valence-corrected chi connectivity index (χ3v) is 5.23. The molecule has 2 amide bonds. The number of hydrogen-bond acceptors (Lipinski definition) is 5. The summed E-state index contributed by atoms with van der Waals surface area (Å²) < 4.78 is 20.7. The highest BCUT2D eigenvalue weighted by Crippen LogP contribution is 2.31. The Morgan fingerprint density at radius 1 is 1.26 bits per heavy atom. The average molecular weight is 464 g/mol. The van der Waals surface area contributed by atoms with Crippen molar-refractivity contribution in [1.82, 2.24) is 4.90 Å². The van der Waals surface area contributed by atoms with Gasteiger partial charge in [0.25, 0.3) is 5.91 Å². The summed E-state index contributed by atoms with van der Waals surface area (Å²) in [5.41, 5.74) is 6.48. The number of allylic oxidation sites excluding steroid dienone is 2. The van der Waals surface area contributed by atoms with Crippen LogP contribution in [0.5, 0.6) is 11.5 Å². The van der Waals surface area contributed by atoms with Crippen LogP contribution >= 0.6 is 0 Å². The molecular formula is C25H26FN5O3. The van der Waals surface area contributed by atoms with E-state index in [9.17, 15) is 14.0 Å². The van der Waals surface area contributed by atoms with E-state index >= 15 is 0 Å². The normalized spacial score (nSPS) is 15.9. The monoisotopic (exact) mass is 463 g/mol. The largest absolute Gasteiger partial charge is 0.457 e. The first-order valence-corrected chi connectivity index (χ1v) is 10.7. The van der Waals surface area contributed by atoms with Gasteiger partial charge in [-0.15, -0.1) is 0 Å². The van der Waals surface area contributed by atoms with Gasteiger partial charge in [-0.3, -0.25) is 9.59 Å². The lowest BCUT2D eigenvalue weighted by molar-refractivity contribution is -0.128. The highest BCUT2D eigenvalue weighted by Gasteiger charge is 2.28. The summed E-state index contributed by atoms with van der Waals surface area (Å²) in [5.74, 6) is -0.836. The molecule has 3 rings (SSSR count). The number of carbonyl (C=O) groups excluding carboxylic acids is 2. The molecule has 8 nitrogen and oxygen atoms in total. The van der Waals surface area contributed by atoms with E-state index in [1.165, 1.54) is 24.3 Å². The zero-order valence-corrected chi connectivity index (χ0v) is 19.0. The lowest BCUT2D eigenvalue weighted by Crippen LogP contribution is -2.24. The highest BCUT2D eigenvalue weighted by molar-refractivity contribution is 6.09. The second-order valence-electron chi connectivity index (χ2n) is 8.16. The van der Waals surface area contributed by atoms with Crippen LogP contribution in [0.25, 0.3) is 0 Å². The average Bonchev–Trinajstić information content (AvgIpc) is 3.10. The van der Waals surface area contributed by atoms with Crippen molar-refractivity contribution in [3.8, 4) is 11.5 Å². The van der Waals surface area contributed by atoms with Crippen molar-refractivity contribution in [1.29, 1.82) is 10.8 Å². The Kier molecular flexibility index (Phi) is 7.68. The van der Waals surface area contributed by atoms with Gasteiger partial charge in [0.15, 0.2) is 0 Å². The van der Waals surface area contributed by atoms with Crippen molar-refractivity contribution in [3.63, 3.8) is 0 Å². The highest BCUT2D eigenvalue weighted by atomic mass is 19.1. The Labute approximate surface area is 197 Å². The summed E-state index contributed by atoms with van der Waals surface area (Å²) in [6.45, 7) is 4.29. The molecule has 0 unspecified atom stereocenters. The number of ether oxygens (including phenoxy) is 1. The maximum absolute atomic E-state index is 14.7. The third-order valence-electron chi connectivity index (χ3n) is 5.23. The molecule has 9 heteroatoms.